The average Bonchev–Trinajstić information content (AvgIpc) is 2.36. The van der Waals surface area contributed by atoms with Crippen LogP contribution in [0.5, 0.6) is 0 Å². The van der Waals surface area contributed by atoms with E-state index < -0.39 is 11.7 Å². The summed E-state index contributed by atoms with van der Waals surface area (Å²) in [5, 5.41) is 9.31. The Balaban J connectivity index is 2.72. The number of hydrogen-bond donors (Lipinski definition) is 0. The van der Waals surface area contributed by atoms with Gasteiger partial charge in [-0.3, -0.25) is 0 Å². The zero-order chi connectivity index (χ0) is 14.0. The molecule has 0 saturated carbocycles. The fourth-order valence-corrected chi connectivity index (χ4v) is 3.12. The summed E-state index contributed by atoms with van der Waals surface area (Å²) in [5.74, 6) is 0.595. The molecule has 1 aliphatic rings. The maximum Gasteiger partial charge on any atom is 0.418 e. The highest BCUT2D eigenvalue weighted by atomic mass is 32.2. The highest BCUT2D eigenvalue weighted by molar-refractivity contribution is 7.99. The SMILES string of the molecule is CCSc1nc2c(c(C(F)(F)F)c1C#N)CCCC2. The third-order valence-electron chi connectivity index (χ3n) is 3.12. The van der Waals surface area contributed by atoms with Crippen molar-refractivity contribution in [1.29, 1.82) is 5.26 Å². The topological polar surface area (TPSA) is 36.7 Å². The standard InChI is InChI=1S/C13H13F3N2S/c1-2-19-12-9(7-17)11(13(14,15)16)8-5-3-4-6-10(8)18-12/h2-6H2,1H3. The van der Waals surface area contributed by atoms with Crippen LogP contribution in [0, 0.1) is 11.3 Å². The number of halogens is 3. The van der Waals surface area contributed by atoms with Crippen molar-refractivity contribution in [3.63, 3.8) is 0 Å². The number of fused-ring (bicyclic) bond motifs is 1. The molecule has 0 aromatic carbocycles. The van der Waals surface area contributed by atoms with Crippen LogP contribution in [0.25, 0.3) is 0 Å². The summed E-state index contributed by atoms with van der Waals surface area (Å²) in [7, 11) is 0. The summed E-state index contributed by atoms with van der Waals surface area (Å²) in [6, 6.07) is 1.70. The van der Waals surface area contributed by atoms with Crippen LogP contribution in [0.4, 0.5) is 13.2 Å². The molecule has 2 rings (SSSR count). The molecule has 0 bridgehead atoms. The number of alkyl halides is 3. The molecule has 0 fully saturated rings. The van der Waals surface area contributed by atoms with Crippen LogP contribution >= 0.6 is 11.8 Å². The van der Waals surface area contributed by atoms with E-state index in [1.165, 1.54) is 11.8 Å². The molecule has 1 heterocycles. The first-order chi connectivity index (χ1) is 8.99. The molecule has 1 aliphatic carbocycles. The minimum atomic E-state index is -4.49. The van der Waals surface area contributed by atoms with Gasteiger partial charge in [0.25, 0.3) is 0 Å². The molecule has 1 aromatic heterocycles. The first-order valence-corrected chi connectivity index (χ1v) is 7.13. The zero-order valence-electron chi connectivity index (χ0n) is 10.5. The molecule has 0 saturated heterocycles. The van der Waals surface area contributed by atoms with Crippen molar-refractivity contribution in [3.8, 4) is 6.07 Å². The summed E-state index contributed by atoms with van der Waals surface area (Å²) in [4.78, 5) is 4.29. The lowest BCUT2D eigenvalue weighted by molar-refractivity contribution is -0.138. The van der Waals surface area contributed by atoms with Crippen molar-refractivity contribution in [2.45, 2.75) is 43.8 Å². The minimum absolute atomic E-state index is 0.220. The van der Waals surface area contributed by atoms with E-state index in [1.807, 2.05) is 6.92 Å². The monoisotopic (exact) mass is 286 g/mol. The summed E-state index contributed by atoms with van der Waals surface area (Å²) < 4.78 is 39.8. The Kier molecular flexibility index (Phi) is 4.04. The summed E-state index contributed by atoms with van der Waals surface area (Å²) in [6.07, 6.45) is -1.97. The average molecular weight is 286 g/mol. The maximum atomic E-state index is 13.3. The zero-order valence-corrected chi connectivity index (χ0v) is 11.3. The fraction of sp³-hybridized carbons (Fsp3) is 0.538. The van der Waals surface area contributed by atoms with Crippen molar-refractivity contribution >= 4 is 11.8 Å². The smallest absolute Gasteiger partial charge is 0.245 e. The normalized spacial score (nSPS) is 14.9. The quantitative estimate of drug-likeness (QED) is 0.772. The third-order valence-corrected chi connectivity index (χ3v) is 3.97. The van der Waals surface area contributed by atoms with Gasteiger partial charge in [-0.15, -0.1) is 11.8 Å². The van der Waals surface area contributed by atoms with Gasteiger partial charge in [0.15, 0.2) is 0 Å². The van der Waals surface area contributed by atoms with Crippen molar-refractivity contribution in [1.82, 2.24) is 4.98 Å². The molecule has 102 valence electrons. The largest absolute Gasteiger partial charge is 0.418 e. The number of nitriles is 1. The lowest BCUT2D eigenvalue weighted by Crippen LogP contribution is -2.19. The number of thioether (sulfide) groups is 1. The van der Waals surface area contributed by atoms with Crippen molar-refractivity contribution in [2.75, 3.05) is 5.75 Å². The molecular formula is C13H13F3N2S. The highest BCUT2D eigenvalue weighted by Gasteiger charge is 2.39. The second kappa shape index (κ2) is 5.41. The van der Waals surface area contributed by atoms with Crippen LogP contribution in [0.1, 0.15) is 42.1 Å². The van der Waals surface area contributed by atoms with Crippen molar-refractivity contribution < 1.29 is 13.2 Å². The number of pyridine rings is 1. The van der Waals surface area contributed by atoms with E-state index >= 15 is 0 Å². The van der Waals surface area contributed by atoms with E-state index in [0.717, 1.165) is 12.8 Å². The molecule has 0 aliphatic heterocycles. The number of nitrogens with zero attached hydrogens (tertiary/aromatic N) is 2. The number of rotatable bonds is 2. The summed E-state index contributed by atoms with van der Waals surface area (Å²) in [5.41, 5.74) is -0.306. The lowest BCUT2D eigenvalue weighted by atomic mass is 9.90. The van der Waals surface area contributed by atoms with Crippen LogP contribution < -0.4 is 0 Å². The summed E-state index contributed by atoms with van der Waals surface area (Å²) >= 11 is 1.20. The Morgan fingerprint density at radius 2 is 2.00 bits per heavy atom. The Hall–Kier alpha value is -1.22. The van der Waals surface area contributed by atoms with E-state index in [2.05, 4.69) is 4.98 Å². The van der Waals surface area contributed by atoms with E-state index in [0.29, 0.717) is 24.3 Å². The molecule has 6 heteroatoms. The van der Waals surface area contributed by atoms with Gasteiger partial charge in [-0.05, 0) is 37.0 Å². The molecule has 0 N–H and O–H groups in total. The molecule has 0 unspecified atom stereocenters. The minimum Gasteiger partial charge on any atom is -0.245 e. The molecule has 1 aromatic rings. The van der Waals surface area contributed by atoms with Crippen LogP contribution in [-0.2, 0) is 19.0 Å². The molecule has 2 nitrogen and oxygen atoms in total. The Labute approximate surface area is 114 Å². The van der Waals surface area contributed by atoms with Crippen LogP contribution in [0.3, 0.4) is 0 Å². The van der Waals surface area contributed by atoms with Gasteiger partial charge in [-0.1, -0.05) is 6.92 Å². The van der Waals surface area contributed by atoms with Crippen LogP contribution in [0.15, 0.2) is 5.03 Å². The summed E-state index contributed by atoms with van der Waals surface area (Å²) in [6.45, 7) is 1.83. The van der Waals surface area contributed by atoms with Gasteiger partial charge in [0.2, 0.25) is 0 Å². The Bertz CT molecular complexity index is 532. The van der Waals surface area contributed by atoms with Gasteiger partial charge in [-0.2, -0.15) is 18.4 Å². The second-order valence-corrected chi connectivity index (χ2v) is 5.59. The van der Waals surface area contributed by atoms with Gasteiger partial charge in [-0.25, -0.2) is 4.98 Å². The number of aryl methyl sites for hydroxylation is 1. The van der Waals surface area contributed by atoms with Crippen LogP contribution in [0.2, 0.25) is 0 Å². The maximum absolute atomic E-state index is 13.3. The molecule has 0 atom stereocenters. The third kappa shape index (κ3) is 2.71. The molecule has 0 radical (unpaired) electrons. The van der Waals surface area contributed by atoms with Gasteiger partial charge in [0, 0.05) is 5.69 Å². The van der Waals surface area contributed by atoms with Gasteiger partial charge < -0.3 is 0 Å². The molecular weight excluding hydrogens is 273 g/mol. The number of aromatic nitrogens is 1. The Morgan fingerprint density at radius 3 is 2.58 bits per heavy atom. The predicted octanol–water partition coefficient (Wildman–Crippen LogP) is 3.96. The molecule has 0 spiro atoms. The van der Waals surface area contributed by atoms with Gasteiger partial charge in [0.05, 0.1) is 11.1 Å². The first kappa shape index (κ1) is 14.2. The lowest BCUT2D eigenvalue weighted by Gasteiger charge is -2.22. The first-order valence-electron chi connectivity index (χ1n) is 6.14. The van der Waals surface area contributed by atoms with E-state index in [4.69, 9.17) is 5.26 Å². The highest BCUT2D eigenvalue weighted by Crippen LogP contribution is 2.40. The molecule has 0 amide bonds. The van der Waals surface area contributed by atoms with E-state index in [1.54, 1.807) is 6.07 Å². The van der Waals surface area contributed by atoms with E-state index in [-0.39, 0.29) is 16.2 Å². The van der Waals surface area contributed by atoms with Gasteiger partial charge >= 0.3 is 6.18 Å². The predicted molar refractivity (Wildman–Crippen MR) is 67.0 cm³/mol. The van der Waals surface area contributed by atoms with Crippen molar-refractivity contribution in [2.24, 2.45) is 0 Å². The van der Waals surface area contributed by atoms with Gasteiger partial charge in [0.1, 0.15) is 11.1 Å². The number of hydrogen-bond acceptors (Lipinski definition) is 3. The van der Waals surface area contributed by atoms with Crippen molar-refractivity contribution in [3.05, 3.63) is 22.4 Å². The molecule has 19 heavy (non-hydrogen) atoms. The van der Waals surface area contributed by atoms with E-state index in [9.17, 15) is 13.2 Å². The second-order valence-electron chi connectivity index (χ2n) is 4.34. The Morgan fingerprint density at radius 1 is 1.32 bits per heavy atom. The fourth-order valence-electron chi connectivity index (χ4n) is 2.38. The van der Waals surface area contributed by atoms with Crippen LogP contribution in [-0.4, -0.2) is 10.7 Å².